The predicted molar refractivity (Wildman–Crippen MR) is 90.1 cm³/mol. The number of carbonyl (C=O) groups is 1. The third-order valence-electron chi connectivity index (χ3n) is 3.25. The Hall–Kier alpha value is -2.37. The minimum Gasteiger partial charge on any atom is -0.452 e. The molecule has 2 aromatic carbocycles. The summed E-state index contributed by atoms with van der Waals surface area (Å²) in [4.78, 5) is 16.3. The van der Waals surface area contributed by atoms with Crippen LogP contribution in [0.25, 0.3) is 11.4 Å². The zero-order valence-corrected chi connectivity index (χ0v) is 14.1. The molecule has 122 valence electrons. The number of aryl methyl sites for hydroxylation is 1. The molecule has 0 bridgehead atoms. The molecule has 1 aromatic heterocycles. The molecule has 1 heterocycles. The van der Waals surface area contributed by atoms with Crippen LogP contribution in [0.3, 0.4) is 0 Å². The van der Waals surface area contributed by atoms with Crippen LogP contribution in [0.15, 0.2) is 47.0 Å². The maximum absolute atomic E-state index is 12.1. The van der Waals surface area contributed by atoms with Crippen molar-refractivity contribution in [2.45, 2.75) is 13.5 Å². The lowest BCUT2D eigenvalue weighted by molar-refractivity contribution is 0.0430. The molecule has 3 aromatic rings. The summed E-state index contributed by atoms with van der Waals surface area (Å²) in [5.74, 6) is 0.0106. The van der Waals surface area contributed by atoms with Gasteiger partial charge in [-0.15, -0.1) is 0 Å². The Bertz CT molecular complexity index is 876. The molecular formula is C17H12Cl2N2O3. The standard InChI is InChI=1S/C17H12Cl2N2O3/c1-10-2-4-11(5-3-10)16-20-15(24-21-16)9-23-17(22)13-8-12(18)6-7-14(13)19/h2-8H,9H2,1H3. The quantitative estimate of drug-likeness (QED) is 0.628. The number of halogens is 2. The lowest BCUT2D eigenvalue weighted by Gasteiger charge is -2.04. The summed E-state index contributed by atoms with van der Waals surface area (Å²) in [6.07, 6.45) is 0. The van der Waals surface area contributed by atoms with E-state index in [1.54, 1.807) is 6.07 Å². The van der Waals surface area contributed by atoms with E-state index in [4.69, 9.17) is 32.5 Å². The Morgan fingerprint density at radius 3 is 2.67 bits per heavy atom. The zero-order valence-electron chi connectivity index (χ0n) is 12.6. The van der Waals surface area contributed by atoms with Crippen molar-refractivity contribution in [2.75, 3.05) is 0 Å². The molecule has 5 nitrogen and oxygen atoms in total. The molecular weight excluding hydrogens is 351 g/mol. The Morgan fingerprint density at radius 2 is 1.92 bits per heavy atom. The van der Waals surface area contributed by atoms with Gasteiger partial charge in [0.05, 0.1) is 10.6 Å². The van der Waals surface area contributed by atoms with Crippen molar-refractivity contribution in [1.29, 1.82) is 0 Å². The van der Waals surface area contributed by atoms with Crippen molar-refractivity contribution < 1.29 is 14.1 Å². The Balaban J connectivity index is 1.68. The van der Waals surface area contributed by atoms with Crippen molar-refractivity contribution >= 4 is 29.2 Å². The molecule has 0 atom stereocenters. The van der Waals surface area contributed by atoms with E-state index < -0.39 is 5.97 Å². The number of rotatable bonds is 4. The highest BCUT2D eigenvalue weighted by molar-refractivity contribution is 6.35. The first-order valence-electron chi connectivity index (χ1n) is 7.05. The van der Waals surface area contributed by atoms with Crippen molar-refractivity contribution in [3.8, 4) is 11.4 Å². The molecule has 0 aliphatic carbocycles. The van der Waals surface area contributed by atoms with Gasteiger partial charge in [0.15, 0.2) is 6.61 Å². The third-order valence-corrected chi connectivity index (χ3v) is 3.82. The normalized spacial score (nSPS) is 10.6. The van der Waals surface area contributed by atoms with E-state index in [1.165, 1.54) is 12.1 Å². The summed E-state index contributed by atoms with van der Waals surface area (Å²) >= 11 is 11.8. The summed E-state index contributed by atoms with van der Waals surface area (Å²) in [7, 11) is 0. The van der Waals surface area contributed by atoms with Crippen LogP contribution in [0, 0.1) is 6.92 Å². The number of ether oxygens (including phenoxy) is 1. The number of hydrogen-bond donors (Lipinski definition) is 0. The van der Waals surface area contributed by atoms with Gasteiger partial charge in [-0.05, 0) is 25.1 Å². The second-order valence-corrected chi connectivity index (χ2v) is 5.92. The Labute approximate surface area is 148 Å². The number of benzene rings is 2. The van der Waals surface area contributed by atoms with E-state index >= 15 is 0 Å². The molecule has 0 fully saturated rings. The first-order valence-corrected chi connectivity index (χ1v) is 7.80. The van der Waals surface area contributed by atoms with E-state index in [2.05, 4.69) is 10.1 Å². The largest absolute Gasteiger partial charge is 0.452 e. The van der Waals surface area contributed by atoms with Gasteiger partial charge in [0.25, 0.3) is 5.89 Å². The van der Waals surface area contributed by atoms with Crippen LogP contribution in [-0.4, -0.2) is 16.1 Å². The lowest BCUT2D eigenvalue weighted by Crippen LogP contribution is -2.06. The molecule has 0 amide bonds. The van der Waals surface area contributed by atoms with Crippen molar-refractivity contribution in [1.82, 2.24) is 10.1 Å². The zero-order chi connectivity index (χ0) is 17.1. The average molecular weight is 363 g/mol. The van der Waals surface area contributed by atoms with Crippen LogP contribution in [0.2, 0.25) is 10.0 Å². The van der Waals surface area contributed by atoms with E-state index in [9.17, 15) is 4.79 Å². The van der Waals surface area contributed by atoms with E-state index in [0.717, 1.165) is 11.1 Å². The molecule has 7 heteroatoms. The van der Waals surface area contributed by atoms with Gasteiger partial charge >= 0.3 is 5.97 Å². The van der Waals surface area contributed by atoms with Crippen LogP contribution in [-0.2, 0) is 11.3 Å². The second kappa shape index (κ2) is 7.03. The van der Waals surface area contributed by atoms with Crippen LogP contribution in [0.4, 0.5) is 0 Å². The summed E-state index contributed by atoms with van der Waals surface area (Å²) in [6.45, 7) is 1.84. The van der Waals surface area contributed by atoms with Crippen molar-refractivity contribution in [3.05, 3.63) is 69.5 Å². The number of aromatic nitrogens is 2. The molecule has 0 spiro atoms. The molecule has 0 aliphatic rings. The van der Waals surface area contributed by atoms with Gasteiger partial charge < -0.3 is 9.26 Å². The highest BCUT2D eigenvalue weighted by atomic mass is 35.5. The van der Waals surface area contributed by atoms with Crippen molar-refractivity contribution in [2.24, 2.45) is 0 Å². The van der Waals surface area contributed by atoms with Crippen LogP contribution in [0.1, 0.15) is 21.8 Å². The molecule has 24 heavy (non-hydrogen) atoms. The van der Waals surface area contributed by atoms with Gasteiger partial charge in [-0.1, -0.05) is 58.2 Å². The fraction of sp³-hybridized carbons (Fsp3) is 0.118. The fourth-order valence-corrected chi connectivity index (χ4v) is 2.36. The Kier molecular flexibility index (Phi) is 4.83. The monoisotopic (exact) mass is 362 g/mol. The smallest absolute Gasteiger partial charge is 0.340 e. The minimum atomic E-state index is -0.613. The Morgan fingerprint density at radius 1 is 1.17 bits per heavy atom. The van der Waals surface area contributed by atoms with Crippen LogP contribution < -0.4 is 0 Å². The van der Waals surface area contributed by atoms with Gasteiger partial charge in [-0.2, -0.15) is 4.98 Å². The predicted octanol–water partition coefficient (Wildman–Crippen LogP) is 4.71. The first-order chi connectivity index (χ1) is 11.5. The van der Waals surface area contributed by atoms with Gasteiger partial charge in [-0.25, -0.2) is 4.79 Å². The topological polar surface area (TPSA) is 65.2 Å². The minimum absolute atomic E-state index is 0.152. The highest BCUT2D eigenvalue weighted by Crippen LogP contribution is 2.22. The highest BCUT2D eigenvalue weighted by Gasteiger charge is 2.15. The summed E-state index contributed by atoms with van der Waals surface area (Å²) in [6, 6.07) is 12.2. The summed E-state index contributed by atoms with van der Waals surface area (Å²) in [5.41, 5.74) is 2.14. The maximum atomic E-state index is 12.1. The number of hydrogen-bond acceptors (Lipinski definition) is 5. The van der Waals surface area contributed by atoms with Crippen LogP contribution in [0.5, 0.6) is 0 Å². The van der Waals surface area contributed by atoms with Gasteiger partial charge in [0.2, 0.25) is 5.82 Å². The second-order valence-electron chi connectivity index (χ2n) is 5.08. The molecule has 0 aliphatic heterocycles. The summed E-state index contributed by atoms with van der Waals surface area (Å²) < 4.78 is 10.2. The van der Waals surface area contributed by atoms with Crippen LogP contribution >= 0.6 is 23.2 Å². The molecule has 3 rings (SSSR count). The SMILES string of the molecule is Cc1ccc(-c2noc(COC(=O)c3cc(Cl)ccc3Cl)n2)cc1. The van der Waals surface area contributed by atoms with Gasteiger partial charge in [0.1, 0.15) is 0 Å². The molecule has 0 radical (unpaired) electrons. The first kappa shape index (κ1) is 16.5. The third kappa shape index (κ3) is 3.75. The molecule has 0 saturated carbocycles. The molecule has 0 N–H and O–H groups in total. The fourth-order valence-electron chi connectivity index (χ4n) is 1.99. The molecule has 0 saturated heterocycles. The van der Waals surface area contributed by atoms with Gasteiger partial charge in [-0.3, -0.25) is 0 Å². The van der Waals surface area contributed by atoms with E-state index in [0.29, 0.717) is 10.8 Å². The number of nitrogens with zero attached hydrogens (tertiary/aromatic N) is 2. The molecule has 0 unspecified atom stereocenters. The summed E-state index contributed by atoms with van der Waals surface area (Å²) in [5, 5.41) is 4.53. The number of carbonyl (C=O) groups excluding carboxylic acids is 1. The maximum Gasteiger partial charge on any atom is 0.340 e. The van der Waals surface area contributed by atoms with E-state index in [1.807, 2.05) is 31.2 Å². The lowest BCUT2D eigenvalue weighted by atomic mass is 10.1. The van der Waals surface area contributed by atoms with E-state index in [-0.39, 0.29) is 23.1 Å². The van der Waals surface area contributed by atoms with Gasteiger partial charge in [0, 0.05) is 10.6 Å². The number of esters is 1. The van der Waals surface area contributed by atoms with Crippen molar-refractivity contribution in [3.63, 3.8) is 0 Å². The average Bonchev–Trinajstić information content (AvgIpc) is 3.04.